The molecule has 0 radical (unpaired) electrons. The van der Waals surface area contributed by atoms with Gasteiger partial charge in [-0.15, -0.1) is 0 Å². The van der Waals surface area contributed by atoms with Crippen LogP contribution >= 0.6 is 0 Å². The molecule has 2 saturated heterocycles. The van der Waals surface area contributed by atoms with Crippen molar-refractivity contribution < 1.29 is 37.3 Å². The average Bonchev–Trinajstić information content (AvgIpc) is 3.17. The van der Waals surface area contributed by atoms with Gasteiger partial charge in [-0.05, 0) is 45.1 Å². The van der Waals surface area contributed by atoms with Gasteiger partial charge in [-0.25, -0.2) is 13.2 Å². The minimum atomic E-state index is -4.36. The lowest BCUT2D eigenvalue weighted by molar-refractivity contribution is -0.176. The Morgan fingerprint density at radius 2 is 1.83 bits per heavy atom. The number of sulfonamides is 1. The average molecular weight is 423 g/mol. The number of cyclic esters (lactones) is 1. The van der Waals surface area contributed by atoms with E-state index in [2.05, 4.69) is 0 Å². The topological polar surface area (TPSA) is 119 Å². The highest BCUT2D eigenvalue weighted by molar-refractivity contribution is 7.89. The Labute approximate surface area is 167 Å². The highest BCUT2D eigenvalue weighted by atomic mass is 32.2. The predicted octanol–water partition coefficient (Wildman–Crippen LogP) is 0.895. The minimum absolute atomic E-state index is 0.127. The number of hydrogen-bond acceptors (Lipinski definition) is 8. The molecule has 2 heterocycles. The summed E-state index contributed by atoms with van der Waals surface area (Å²) < 4.78 is 43.8. The van der Waals surface area contributed by atoms with Crippen molar-refractivity contribution >= 4 is 21.9 Å². The van der Waals surface area contributed by atoms with Crippen molar-refractivity contribution in [1.82, 2.24) is 4.31 Å². The number of carbonyl (C=O) groups excluding carboxylic acids is 2. The van der Waals surface area contributed by atoms with Crippen LogP contribution in [0.5, 0.6) is 0 Å². The second-order valence-electron chi connectivity index (χ2n) is 7.75. The fourth-order valence-electron chi connectivity index (χ4n) is 4.03. The van der Waals surface area contributed by atoms with Crippen LogP contribution in [0.15, 0.2) is 41.3 Å². The molecule has 1 amide bonds. The van der Waals surface area contributed by atoms with Crippen LogP contribution in [0.2, 0.25) is 0 Å². The van der Waals surface area contributed by atoms with Crippen LogP contribution in [0.1, 0.15) is 19.4 Å². The van der Waals surface area contributed by atoms with Crippen LogP contribution in [0.3, 0.4) is 0 Å². The van der Waals surface area contributed by atoms with Crippen molar-refractivity contribution in [1.29, 1.82) is 0 Å². The third-order valence-electron chi connectivity index (χ3n) is 5.29. The molecule has 4 rings (SSSR count). The smallest absolute Gasteiger partial charge is 0.424 e. The molecule has 10 heteroatoms. The van der Waals surface area contributed by atoms with Gasteiger partial charge in [0.05, 0.1) is 4.90 Å². The van der Waals surface area contributed by atoms with Gasteiger partial charge < -0.3 is 19.3 Å². The van der Waals surface area contributed by atoms with E-state index in [1.807, 2.05) is 0 Å². The lowest BCUT2D eigenvalue weighted by atomic mass is 9.78. The molecule has 0 bridgehead atoms. The van der Waals surface area contributed by atoms with Gasteiger partial charge >= 0.3 is 6.09 Å². The molecule has 1 aromatic rings. The highest BCUT2D eigenvalue weighted by Gasteiger charge is 2.69. The van der Waals surface area contributed by atoms with Gasteiger partial charge in [0, 0.05) is 0 Å². The standard InChI is InChI=1S/C19H21NO8S/c1-11-4-6-12(7-5-11)29(24,25)20-14(10-26-17(20)23)19-15(22)9-8-13(21)16(19)27-18(2,3)28-19/h4-9,13-14,16,21H,10H2,1-3H3/t13-,14+,16+,19-/m1/s1. The number of fused-ring (bicyclic) bond motifs is 1. The molecule has 0 aromatic heterocycles. The largest absolute Gasteiger partial charge is 0.446 e. The summed E-state index contributed by atoms with van der Waals surface area (Å²) in [6.45, 7) is 4.48. The quantitative estimate of drug-likeness (QED) is 0.761. The molecule has 2 aliphatic heterocycles. The van der Waals surface area contributed by atoms with E-state index in [1.54, 1.807) is 32.9 Å². The number of ketones is 1. The fourth-order valence-corrected chi connectivity index (χ4v) is 5.54. The maximum absolute atomic E-state index is 13.3. The molecule has 0 spiro atoms. The van der Waals surface area contributed by atoms with Crippen molar-refractivity contribution in [3.8, 4) is 0 Å². The van der Waals surface area contributed by atoms with Crippen molar-refractivity contribution in [2.75, 3.05) is 6.61 Å². The predicted molar refractivity (Wildman–Crippen MR) is 98.3 cm³/mol. The maximum atomic E-state index is 13.3. The summed E-state index contributed by atoms with van der Waals surface area (Å²) in [5.74, 6) is -1.90. The molecule has 3 aliphatic rings. The fraction of sp³-hybridized carbons (Fsp3) is 0.474. The van der Waals surface area contributed by atoms with Gasteiger partial charge in [-0.1, -0.05) is 17.7 Å². The monoisotopic (exact) mass is 423 g/mol. The molecular weight excluding hydrogens is 402 g/mol. The Kier molecular flexibility index (Phi) is 4.39. The van der Waals surface area contributed by atoms with Crippen molar-refractivity contribution in [2.24, 2.45) is 0 Å². The lowest BCUT2D eigenvalue weighted by Gasteiger charge is -2.40. The molecule has 1 aromatic carbocycles. The Morgan fingerprint density at radius 1 is 1.17 bits per heavy atom. The van der Waals surface area contributed by atoms with Crippen molar-refractivity contribution in [3.05, 3.63) is 42.0 Å². The van der Waals surface area contributed by atoms with E-state index in [1.165, 1.54) is 18.2 Å². The second kappa shape index (κ2) is 6.36. The summed E-state index contributed by atoms with van der Waals surface area (Å²) in [6, 6.07) is 4.59. The van der Waals surface area contributed by atoms with E-state index >= 15 is 0 Å². The van der Waals surface area contributed by atoms with Gasteiger partial charge in [-0.2, -0.15) is 4.31 Å². The normalized spacial score (nSPS) is 33.7. The second-order valence-corrected chi connectivity index (χ2v) is 9.57. The van der Waals surface area contributed by atoms with Crippen molar-refractivity contribution in [3.63, 3.8) is 0 Å². The Bertz CT molecular complexity index is 1000. The zero-order valence-corrected chi connectivity index (χ0v) is 16.9. The third-order valence-corrected chi connectivity index (χ3v) is 7.08. The van der Waals surface area contributed by atoms with Crippen LogP contribution in [-0.4, -0.2) is 66.0 Å². The Balaban J connectivity index is 1.84. The first-order chi connectivity index (χ1) is 13.5. The molecule has 2 fully saturated rings. The van der Waals surface area contributed by atoms with E-state index in [9.17, 15) is 23.1 Å². The molecule has 4 atom stereocenters. The summed E-state index contributed by atoms with van der Waals surface area (Å²) in [5.41, 5.74) is -1.09. The van der Waals surface area contributed by atoms with Gasteiger partial charge in [0.25, 0.3) is 10.0 Å². The summed E-state index contributed by atoms with van der Waals surface area (Å²) in [6.07, 6.45) is -1.18. The Morgan fingerprint density at radius 3 is 2.48 bits per heavy atom. The number of hydrogen-bond donors (Lipinski definition) is 1. The molecular formula is C19H21NO8S. The summed E-state index contributed by atoms with van der Waals surface area (Å²) in [4.78, 5) is 25.3. The lowest BCUT2D eigenvalue weighted by Crippen LogP contribution is -2.66. The van der Waals surface area contributed by atoms with E-state index < -0.39 is 58.1 Å². The number of benzene rings is 1. The number of amides is 1. The first-order valence-electron chi connectivity index (χ1n) is 9.05. The zero-order chi connectivity index (χ0) is 21.2. The first kappa shape index (κ1) is 20.0. The van der Waals surface area contributed by atoms with Gasteiger partial charge in [0.15, 0.2) is 17.2 Å². The number of nitrogens with zero attached hydrogens (tertiary/aromatic N) is 1. The molecule has 1 N–H and O–H groups in total. The van der Waals surface area contributed by atoms with Crippen LogP contribution in [-0.2, 0) is 29.0 Å². The van der Waals surface area contributed by atoms with E-state index in [0.29, 0.717) is 4.31 Å². The van der Waals surface area contributed by atoms with E-state index in [-0.39, 0.29) is 4.90 Å². The third kappa shape index (κ3) is 2.90. The number of carbonyl (C=O) groups is 2. The summed E-state index contributed by atoms with van der Waals surface area (Å²) in [5, 5.41) is 10.4. The maximum Gasteiger partial charge on any atom is 0.424 e. The number of aryl methyl sites for hydroxylation is 1. The minimum Gasteiger partial charge on any atom is -0.446 e. The molecule has 156 valence electrons. The SMILES string of the molecule is Cc1ccc(S(=O)(=O)N2C(=O)OC[C@H]2[C@]23OC(C)(C)O[C@H]2[C@H](O)C=CC3=O)cc1. The number of aliphatic hydroxyl groups is 1. The van der Waals surface area contributed by atoms with Crippen LogP contribution in [0.25, 0.3) is 0 Å². The van der Waals surface area contributed by atoms with Crippen LogP contribution < -0.4 is 0 Å². The zero-order valence-electron chi connectivity index (χ0n) is 16.1. The molecule has 0 unspecified atom stereocenters. The first-order valence-corrected chi connectivity index (χ1v) is 10.5. The molecule has 9 nitrogen and oxygen atoms in total. The summed E-state index contributed by atoms with van der Waals surface area (Å²) >= 11 is 0. The van der Waals surface area contributed by atoms with Gasteiger partial charge in [0.1, 0.15) is 24.9 Å². The van der Waals surface area contributed by atoms with Crippen molar-refractivity contribution in [2.45, 2.75) is 55.3 Å². The van der Waals surface area contributed by atoms with Crippen LogP contribution in [0.4, 0.5) is 4.79 Å². The van der Waals surface area contributed by atoms with Crippen LogP contribution in [0, 0.1) is 6.92 Å². The number of rotatable bonds is 3. The van der Waals surface area contributed by atoms with Gasteiger partial charge in [0.2, 0.25) is 0 Å². The van der Waals surface area contributed by atoms with E-state index in [4.69, 9.17) is 14.2 Å². The number of ether oxygens (including phenoxy) is 3. The highest BCUT2D eigenvalue weighted by Crippen LogP contribution is 2.47. The number of aliphatic hydroxyl groups excluding tert-OH is 1. The molecule has 0 saturated carbocycles. The molecule has 1 aliphatic carbocycles. The Hall–Kier alpha value is -2.27. The summed E-state index contributed by atoms with van der Waals surface area (Å²) in [7, 11) is -4.36. The van der Waals surface area contributed by atoms with Gasteiger partial charge in [-0.3, -0.25) is 4.79 Å². The molecule has 29 heavy (non-hydrogen) atoms. The van der Waals surface area contributed by atoms with E-state index in [0.717, 1.165) is 11.6 Å².